The Kier molecular flexibility index (Phi) is 3.46. The maximum absolute atomic E-state index is 11.6. The Morgan fingerprint density at radius 2 is 2.05 bits per heavy atom. The Morgan fingerprint density at radius 3 is 2.68 bits per heavy atom. The first kappa shape index (κ1) is 13.0. The van der Waals surface area contributed by atoms with Gasteiger partial charge in [0.25, 0.3) is 0 Å². The van der Waals surface area contributed by atoms with E-state index in [4.69, 9.17) is 5.11 Å². The number of aryl methyl sites for hydroxylation is 2. The summed E-state index contributed by atoms with van der Waals surface area (Å²) in [6.45, 7) is 3.74. The van der Waals surface area contributed by atoms with Crippen LogP contribution in [0.25, 0.3) is 5.69 Å². The summed E-state index contributed by atoms with van der Waals surface area (Å²) < 4.78 is 1.50. The largest absolute Gasteiger partial charge is 0.476 e. The molecule has 5 nitrogen and oxygen atoms in total. The monoisotopic (exact) mass is 258 g/mol. The number of carboxylic acids is 1. The summed E-state index contributed by atoms with van der Waals surface area (Å²) in [5, 5.41) is 12.9. The smallest absolute Gasteiger partial charge is 0.360 e. The van der Waals surface area contributed by atoms with Crippen LogP contribution in [0.5, 0.6) is 0 Å². The third-order valence-electron chi connectivity index (χ3n) is 2.91. The van der Waals surface area contributed by atoms with Crippen LogP contribution in [-0.2, 0) is 6.42 Å². The molecule has 2 aromatic rings. The number of carbonyl (C=O) groups is 1. The van der Waals surface area contributed by atoms with Crippen LogP contribution < -0.4 is 5.43 Å². The molecule has 19 heavy (non-hydrogen) atoms. The second-order valence-electron chi connectivity index (χ2n) is 4.20. The molecule has 0 spiro atoms. The highest BCUT2D eigenvalue weighted by molar-refractivity contribution is 5.84. The van der Waals surface area contributed by atoms with E-state index in [2.05, 4.69) is 5.10 Å². The van der Waals surface area contributed by atoms with Gasteiger partial charge < -0.3 is 5.11 Å². The van der Waals surface area contributed by atoms with Crippen LogP contribution in [0.2, 0.25) is 0 Å². The maximum Gasteiger partial charge on any atom is 0.360 e. The third-order valence-corrected chi connectivity index (χ3v) is 2.91. The van der Waals surface area contributed by atoms with E-state index in [-0.39, 0.29) is 0 Å². The van der Waals surface area contributed by atoms with Crippen molar-refractivity contribution in [2.75, 3.05) is 0 Å². The lowest BCUT2D eigenvalue weighted by atomic mass is 10.1. The lowest BCUT2D eigenvalue weighted by Crippen LogP contribution is -2.23. The minimum Gasteiger partial charge on any atom is -0.476 e. The van der Waals surface area contributed by atoms with Crippen LogP contribution in [0.3, 0.4) is 0 Å². The normalized spacial score (nSPS) is 10.4. The number of para-hydroxylation sites is 1. The summed E-state index contributed by atoms with van der Waals surface area (Å²) in [5.74, 6) is -1.31. The Labute approximate surface area is 110 Å². The van der Waals surface area contributed by atoms with Gasteiger partial charge in [0.2, 0.25) is 11.1 Å². The van der Waals surface area contributed by atoms with Crippen LogP contribution in [0, 0.1) is 6.92 Å². The van der Waals surface area contributed by atoms with Gasteiger partial charge in [-0.3, -0.25) is 4.79 Å². The van der Waals surface area contributed by atoms with Gasteiger partial charge >= 0.3 is 5.97 Å². The molecular formula is C14H14N2O3. The van der Waals surface area contributed by atoms with Gasteiger partial charge in [-0.25, -0.2) is 9.48 Å². The van der Waals surface area contributed by atoms with Crippen molar-refractivity contribution in [2.24, 2.45) is 0 Å². The summed E-state index contributed by atoms with van der Waals surface area (Å²) in [5.41, 5.74) is 1.41. The molecule has 98 valence electrons. The van der Waals surface area contributed by atoms with Gasteiger partial charge in [0.15, 0.2) is 0 Å². The van der Waals surface area contributed by atoms with Crippen molar-refractivity contribution in [3.8, 4) is 5.69 Å². The van der Waals surface area contributed by atoms with Crippen molar-refractivity contribution in [2.45, 2.75) is 20.3 Å². The van der Waals surface area contributed by atoms with E-state index in [0.717, 1.165) is 17.7 Å². The molecule has 0 unspecified atom stereocenters. The van der Waals surface area contributed by atoms with Crippen molar-refractivity contribution in [1.82, 2.24) is 9.78 Å². The quantitative estimate of drug-likeness (QED) is 0.911. The summed E-state index contributed by atoms with van der Waals surface area (Å²) in [6.07, 6.45) is 0.797. The minimum absolute atomic E-state index is 0.462. The Balaban J connectivity index is 2.72. The fourth-order valence-electron chi connectivity index (χ4n) is 1.96. The first-order chi connectivity index (χ1) is 9.04. The van der Waals surface area contributed by atoms with Crippen molar-refractivity contribution < 1.29 is 9.90 Å². The molecule has 0 aliphatic carbocycles. The molecule has 1 heterocycles. The zero-order valence-corrected chi connectivity index (χ0v) is 10.8. The number of nitrogens with zero attached hydrogens (tertiary/aromatic N) is 2. The van der Waals surface area contributed by atoms with E-state index >= 15 is 0 Å². The van der Waals surface area contributed by atoms with Crippen LogP contribution in [0.4, 0.5) is 0 Å². The lowest BCUT2D eigenvalue weighted by Gasteiger charge is -2.13. The Morgan fingerprint density at radius 1 is 1.37 bits per heavy atom. The van der Waals surface area contributed by atoms with E-state index in [1.54, 1.807) is 6.92 Å². The molecule has 0 fully saturated rings. The molecule has 1 aromatic carbocycles. The van der Waals surface area contributed by atoms with E-state index in [0.29, 0.717) is 5.69 Å². The molecule has 5 heteroatoms. The summed E-state index contributed by atoms with van der Waals surface area (Å²) in [6, 6.07) is 8.87. The summed E-state index contributed by atoms with van der Waals surface area (Å²) in [7, 11) is 0. The summed E-state index contributed by atoms with van der Waals surface area (Å²) in [4.78, 5) is 22.6. The van der Waals surface area contributed by atoms with Gasteiger partial charge in [0.05, 0.1) is 5.69 Å². The molecule has 1 aromatic heterocycles. The molecule has 0 saturated carbocycles. The van der Waals surface area contributed by atoms with E-state index in [1.165, 1.54) is 10.7 Å². The minimum atomic E-state index is -1.31. The zero-order chi connectivity index (χ0) is 14.0. The van der Waals surface area contributed by atoms with Gasteiger partial charge in [-0.15, -0.1) is 0 Å². The summed E-state index contributed by atoms with van der Waals surface area (Å²) >= 11 is 0. The highest BCUT2D eigenvalue weighted by Gasteiger charge is 2.14. The predicted octanol–water partition coefficient (Wildman–Crippen LogP) is 1.80. The Bertz CT molecular complexity index is 689. The molecule has 0 bridgehead atoms. The van der Waals surface area contributed by atoms with Gasteiger partial charge in [-0.05, 0) is 25.0 Å². The maximum atomic E-state index is 11.6. The average Bonchev–Trinajstić information content (AvgIpc) is 2.38. The van der Waals surface area contributed by atoms with Gasteiger partial charge in [0.1, 0.15) is 0 Å². The average molecular weight is 258 g/mol. The zero-order valence-electron chi connectivity index (χ0n) is 10.8. The van der Waals surface area contributed by atoms with Gasteiger partial charge in [-0.2, -0.15) is 5.10 Å². The molecule has 0 aliphatic heterocycles. The topological polar surface area (TPSA) is 72.2 Å². The van der Waals surface area contributed by atoms with Crippen LogP contribution >= 0.6 is 0 Å². The van der Waals surface area contributed by atoms with Crippen molar-refractivity contribution in [3.63, 3.8) is 0 Å². The predicted molar refractivity (Wildman–Crippen MR) is 70.9 cm³/mol. The number of aromatic nitrogens is 2. The fraction of sp³-hybridized carbons (Fsp3) is 0.214. The van der Waals surface area contributed by atoms with E-state index in [1.807, 2.05) is 31.2 Å². The second kappa shape index (κ2) is 5.06. The Hall–Kier alpha value is -2.43. The molecule has 0 atom stereocenters. The second-order valence-corrected chi connectivity index (χ2v) is 4.20. The third kappa shape index (κ3) is 2.40. The first-order valence-corrected chi connectivity index (χ1v) is 5.97. The van der Waals surface area contributed by atoms with Crippen LogP contribution in [-0.4, -0.2) is 20.9 Å². The number of hydrogen-bond acceptors (Lipinski definition) is 3. The van der Waals surface area contributed by atoms with Crippen LogP contribution in [0.15, 0.2) is 35.1 Å². The number of aromatic carboxylic acids is 1. The van der Waals surface area contributed by atoms with Crippen molar-refractivity contribution in [1.29, 1.82) is 0 Å². The van der Waals surface area contributed by atoms with Gasteiger partial charge in [0, 0.05) is 11.8 Å². The standard InChI is InChI=1S/C14H14N2O3/c1-3-10-6-4-5-7-11(10)16-9(2)8-12(17)13(15-16)14(18)19/h4-8H,3H2,1-2H3,(H,18,19). The van der Waals surface area contributed by atoms with Gasteiger partial charge in [-0.1, -0.05) is 25.1 Å². The molecule has 0 amide bonds. The first-order valence-electron chi connectivity index (χ1n) is 5.97. The number of hydrogen-bond donors (Lipinski definition) is 1. The molecule has 0 radical (unpaired) electrons. The molecule has 2 rings (SSSR count). The molecule has 1 N–H and O–H groups in total. The molecule has 0 saturated heterocycles. The van der Waals surface area contributed by atoms with Crippen molar-refractivity contribution in [3.05, 3.63) is 57.5 Å². The highest BCUT2D eigenvalue weighted by atomic mass is 16.4. The van der Waals surface area contributed by atoms with Crippen LogP contribution in [0.1, 0.15) is 28.7 Å². The lowest BCUT2D eigenvalue weighted by molar-refractivity contribution is 0.0686. The molecule has 0 aliphatic rings. The molecular weight excluding hydrogens is 244 g/mol. The SMILES string of the molecule is CCc1ccccc1-n1nc(C(=O)O)c(=O)cc1C. The highest BCUT2D eigenvalue weighted by Crippen LogP contribution is 2.15. The van der Waals surface area contributed by atoms with E-state index in [9.17, 15) is 9.59 Å². The number of carboxylic acid groups (broad SMARTS) is 1. The fourth-order valence-corrected chi connectivity index (χ4v) is 1.96. The van der Waals surface area contributed by atoms with Crippen molar-refractivity contribution >= 4 is 5.97 Å². The van der Waals surface area contributed by atoms with E-state index < -0.39 is 17.1 Å². The number of benzene rings is 1. The number of rotatable bonds is 3.